The third kappa shape index (κ3) is 5.18. The second-order valence-electron chi connectivity index (χ2n) is 9.50. The van der Waals surface area contributed by atoms with E-state index >= 15 is 0 Å². The number of aromatic nitrogens is 3. The highest BCUT2D eigenvalue weighted by atomic mass is 16.5. The van der Waals surface area contributed by atoms with Gasteiger partial charge in [-0.3, -0.25) is 0 Å². The second kappa shape index (κ2) is 10.3. The molecule has 0 aliphatic heterocycles. The van der Waals surface area contributed by atoms with Crippen molar-refractivity contribution in [1.29, 1.82) is 0 Å². The van der Waals surface area contributed by atoms with E-state index in [-0.39, 0.29) is 5.75 Å². The summed E-state index contributed by atoms with van der Waals surface area (Å²) in [4.78, 5) is 14.5. The van der Waals surface area contributed by atoms with Crippen molar-refractivity contribution in [2.24, 2.45) is 0 Å². The highest BCUT2D eigenvalue weighted by Gasteiger charge is 2.17. The summed E-state index contributed by atoms with van der Waals surface area (Å²) in [5.41, 5.74) is 7.78. The first-order valence-electron chi connectivity index (χ1n) is 12.5. The summed E-state index contributed by atoms with van der Waals surface area (Å²) in [7, 11) is 0. The van der Waals surface area contributed by atoms with Gasteiger partial charge in [0.15, 0.2) is 17.5 Å². The third-order valence-corrected chi connectivity index (χ3v) is 6.42. The summed E-state index contributed by atoms with van der Waals surface area (Å²) in [5.74, 6) is 2.69. The molecule has 0 aliphatic carbocycles. The lowest BCUT2D eigenvalue weighted by molar-refractivity contribution is 0.456. The predicted octanol–water partition coefficient (Wildman–Crippen LogP) is 8.25. The molecule has 0 radical (unpaired) electrons. The zero-order valence-electron chi connectivity index (χ0n) is 22.0. The Morgan fingerprint density at radius 1 is 0.632 bits per heavy atom. The largest absolute Gasteiger partial charge is 0.507 e. The maximum atomic E-state index is 11.0. The number of hydrogen-bond acceptors (Lipinski definition) is 5. The molecule has 0 unspecified atom stereocenters. The minimum atomic E-state index is 0.0201. The quantitative estimate of drug-likeness (QED) is 0.255. The Balaban J connectivity index is 1.61. The van der Waals surface area contributed by atoms with E-state index in [1.807, 2.05) is 62.4 Å². The Hall–Kier alpha value is -4.77. The molecule has 0 amide bonds. The van der Waals surface area contributed by atoms with Crippen LogP contribution in [-0.2, 0) is 0 Å². The van der Waals surface area contributed by atoms with Crippen LogP contribution in [0.15, 0.2) is 85.4 Å². The molecule has 1 aromatic heterocycles. The normalized spacial score (nSPS) is 10.8. The van der Waals surface area contributed by atoms with Crippen molar-refractivity contribution in [2.45, 2.75) is 27.7 Å². The molecule has 0 atom stereocenters. The monoisotopic (exact) mass is 499 g/mol. The molecule has 5 heteroatoms. The van der Waals surface area contributed by atoms with Crippen molar-refractivity contribution >= 4 is 6.08 Å². The van der Waals surface area contributed by atoms with Crippen molar-refractivity contribution in [3.8, 4) is 51.4 Å². The predicted molar refractivity (Wildman–Crippen MR) is 153 cm³/mol. The molecule has 1 N–H and O–H groups in total. The maximum absolute atomic E-state index is 11.0. The summed E-state index contributed by atoms with van der Waals surface area (Å²) in [5, 5.41) is 11.0. The van der Waals surface area contributed by atoms with Crippen LogP contribution in [0.3, 0.4) is 0 Å². The van der Waals surface area contributed by atoms with Crippen LogP contribution in [0, 0.1) is 27.7 Å². The highest BCUT2D eigenvalue weighted by Crippen LogP contribution is 2.35. The van der Waals surface area contributed by atoms with E-state index in [2.05, 4.69) is 32.6 Å². The van der Waals surface area contributed by atoms with Crippen LogP contribution in [0.4, 0.5) is 0 Å². The average molecular weight is 500 g/mol. The van der Waals surface area contributed by atoms with Gasteiger partial charge in [0.1, 0.15) is 17.2 Å². The fraction of sp³-hybridized carbons (Fsp3) is 0.121. The Kier molecular flexibility index (Phi) is 6.75. The minimum Gasteiger partial charge on any atom is -0.507 e. The SMILES string of the molecule is C=Cc1cccc(Oc2ccc(-c3nc(-c4ccc(C)cc4C)nc(-c4ccc(C)cc4C)n3)c(O)c2)c1. The first-order chi connectivity index (χ1) is 18.3. The van der Waals surface area contributed by atoms with Gasteiger partial charge in [0.25, 0.3) is 0 Å². The summed E-state index contributed by atoms with van der Waals surface area (Å²) in [6.07, 6.45) is 1.76. The first-order valence-corrected chi connectivity index (χ1v) is 12.5. The van der Waals surface area contributed by atoms with Gasteiger partial charge in [0, 0.05) is 17.2 Å². The second-order valence-corrected chi connectivity index (χ2v) is 9.50. The lowest BCUT2D eigenvalue weighted by atomic mass is 10.0. The molecular weight excluding hydrogens is 470 g/mol. The molecule has 5 rings (SSSR count). The van der Waals surface area contributed by atoms with Gasteiger partial charge < -0.3 is 9.84 Å². The molecule has 5 aromatic rings. The van der Waals surface area contributed by atoms with Gasteiger partial charge in [-0.2, -0.15) is 0 Å². The van der Waals surface area contributed by atoms with E-state index in [4.69, 9.17) is 19.7 Å². The zero-order valence-corrected chi connectivity index (χ0v) is 22.0. The molecule has 0 fully saturated rings. The van der Waals surface area contributed by atoms with Gasteiger partial charge >= 0.3 is 0 Å². The molecular formula is C33H29N3O2. The Morgan fingerprint density at radius 3 is 1.68 bits per heavy atom. The first kappa shape index (κ1) is 24.9. The van der Waals surface area contributed by atoms with Crippen molar-refractivity contribution in [3.05, 3.63) is 113 Å². The van der Waals surface area contributed by atoms with Gasteiger partial charge in [0.2, 0.25) is 0 Å². The van der Waals surface area contributed by atoms with E-state index in [0.29, 0.717) is 34.5 Å². The molecule has 0 aliphatic rings. The number of rotatable bonds is 6. The molecule has 1 heterocycles. The van der Waals surface area contributed by atoms with Gasteiger partial charge in [-0.15, -0.1) is 0 Å². The highest BCUT2D eigenvalue weighted by molar-refractivity contribution is 5.72. The summed E-state index contributed by atoms with van der Waals surface area (Å²) < 4.78 is 5.97. The standard InChI is InChI=1S/C33H29N3O2/c1-6-24-8-7-9-25(18-24)38-26-12-15-29(30(37)19-26)33-35-31(27-13-10-20(2)16-22(27)4)34-32(36-33)28-14-11-21(3)17-23(28)5/h6-19,37H,1H2,2-5H3. The number of hydrogen-bond donors (Lipinski definition) is 1. The lowest BCUT2D eigenvalue weighted by Crippen LogP contribution is -2.02. The number of phenolic OH excluding ortho intramolecular Hbond substituents is 1. The van der Waals surface area contributed by atoms with Crippen LogP contribution < -0.4 is 4.74 Å². The number of benzene rings is 4. The van der Waals surface area contributed by atoms with Crippen LogP contribution in [-0.4, -0.2) is 20.1 Å². The van der Waals surface area contributed by atoms with Gasteiger partial charge in [0.05, 0.1) is 5.56 Å². The summed E-state index contributed by atoms with van der Waals surface area (Å²) >= 11 is 0. The molecule has 0 bridgehead atoms. The topological polar surface area (TPSA) is 68.1 Å². The van der Waals surface area contributed by atoms with Gasteiger partial charge in [-0.25, -0.2) is 15.0 Å². The third-order valence-electron chi connectivity index (χ3n) is 6.42. The number of aromatic hydroxyl groups is 1. The van der Waals surface area contributed by atoms with Crippen LogP contribution in [0.1, 0.15) is 27.8 Å². The molecule has 4 aromatic carbocycles. The number of phenols is 1. The van der Waals surface area contributed by atoms with Crippen molar-refractivity contribution in [3.63, 3.8) is 0 Å². The lowest BCUT2D eigenvalue weighted by Gasteiger charge is -2.13. The Morgan fingerprint density at radius 2 is 1.16 bits per heavy atom. The van der Waals surface area contributed by atoms with Gasteiger partial charge in [-0.05, 0) is 68.7 Å². The number of ether oxygens (including phenoxy) is 1. The van der Waals surface area contributed by atoms with Crippen molar-refractivity contribution < 1.29 is 9.84 Å². The number of aryl methyl sites for hydroxylation is 4. The number of nitrogens with zero attached hydrogens (tertiary/aromatic N) is 3. The fourth-order valence-electron chi connectivity index (χ4n) is 4.47. The summed E-state index contributed by atoms with van der Waals surface area (Å²) in [6.45, 7) is 12.0. The average Bonchev–Trinajstić information content (AvgIpc) is 2.88. The minimum absolute atomic E-state index is 0.0201. The summed E-state index contributed by atoms with van der Waals surface area (Å²) in [6, 6.07) is 25.1. The smallest absolute Gasteiger partial charge is 0.167 e. The molecule has 0 saturated carbocycles. The fourth-order valence-corrected chi connectivity index (χ4v) is 4.47. The van der Waals surface area contributed by atoms with E-state index < -0.39 is 0 Å². The van der Waals surface area contributed by atoms with Crippen molar-refractivity contribution in [1.82, 2.24) is 15.0 Å². The molecule has 188 valence electrons. The van der Waals surface area contributed by atoms with E-state index in [9.17, 15) is 5.11 Å². The van der Waals surface area contributed by atoms with E-state index in [0.717, 1.165) is 27.8 Å². The van der Waals surface area contributed by atoms with Crippen LogP contribution in [0.2, 0.25) is 0 Å². The van der Waals surface area contributed by atoms with E-state index in [1.165, 1.54) is 11.1 Å². The Bertz CT molecular complexity index is 1600. The molecule has 0 saturated heterocycles. The van der Waals surface area contributed by atoms with E-state index in [1.54, 1.807) is 24.3 Å². The van der Waals surface area contributed by atoms with Crippen LogP contribution >= 0.6 is 0 Å². The Labute approximate surface area is 223 Å². The zero-order chi connectivity index (χ0) is 26.8. The molecule has 0 spiro atoms. The molecule has 38 heavy (non-hydrogen) atoms. The van der Waals surface area contributed by atoms with Crippen molar-refractivity contribution in [2.75, 3.05) is 0 Å². The van der Waals surface area contributed by atoms with Crippen LogP contribution in [0.25, 0.3) is 40.2 Å². The maximum Gasteiger partial charge on any atom is 0.167 e. The van der Waals surface area contributed by atoms with Crippen LogP contribution in [0.5, 0.6) is 17.2 Å². The molecule has 5 nitrogen and oxygen atoms in total. The van der Waals surface area contributed by atoms with Gasteiger partial charge in [-0.1, -0.05) is 72.3 Å².